The number of hydrogen-bond acceptors (Lipinski definition) is 7. The van der Waals surface area contributed by atoms with Crippen molar-refractivity contribution < 1.29 is 39.0 Å². The van der Waals surface area contributed by atoms with Crippen molar-refractivity contribution in [2.45, 2.75) is 56.3 Å². The third-order valence-corrected chi connectivity index (χ3v) is 6.67. The molecule has 0 aliphatic heterocycles. The molecule has 2 aromatic carbocycles. The van der Waals surface area contributed by atoms with E-state index in [9.17, 15) is 33.9 Å². The molecule has 0 radical (unpaired) electrons. The van der Waals surface area contributed by atoms with E-state index in [2.05, 4.69) is 20.9 Å². The van der Waals surface area contributed by atoms with Crippen molar-refractivity contribution in [3.05, 3.63) is 71.9 Å². The third-order valence-electron chi connectivity index (χ3n) is 6.67. The molecule has 0 spiro atoms. The minimum absolute atomic E-state index is 0.113. The van der Waals surface area contributed by atoms with Crippen molar-refractivity contribution in [3.63, 3.8) is 0 Å². The maximum absolute atomic E-state index is 13.4. The normalized spacial score (nSPS) is 13.7. The lowest BCUT2D eigenvalue weighted by atomic mass is 10.0. The second-order valence-electron chi connectivity index (χ2n) is 9.98. The largest absolute Gasteiger partial charge is 0.481 e. The van der Waals surface area contributed by atoms with Crippen LogP contribution in [0.15, 0.2) is 60.8 Å². The molecular weight excluding hydrogens is 560 g/mol. The second kappa shape index (κ2) is 15.1. The smallest absolute Gasteiger partial charge is 0.326 e. The minimum atomic E-state index is -1.55. The van der Waals surface area contributed by atoms with E-state index in [-0.39, 0.29) is 12.8 Å². The highest BCUT2D eigenvalue weighted by atomic mass is 16.4. The van der Waals surface area contributed by atoms with Crippen LogP contribution in [0.1, 0.15) is 30.4 Å². The number of aromatic amines is 1. The Hall–Kier alpha value is -5.24. The van der Waals surface area contributed by atoms with E-state index in [0.29, 0.717) is 5.56 Å². The predicted molar refractivity (Wildman–Crippen MR) is 154 cm³/mol. The van der Waals surface area contributed by atoms with Crippen LogP contribution in [0, 0.1) is 0 Å². The zero-order valence-corrected chi connectivity index (χ0v) is 23.1. The van der Waals surface area contributed by atoms with Gasteiger partial charge in [-0.05, 0) is 30.0 Å². The fraction of sp³-hybridized carbons (Fsp3) is 0.310. The molecule has 3 aromatic rings. The Balaban J connectivity index is 1.82. The van der Waals surface area contributed by atoms with Crippen molar-refractivity contribution in [2.75, 3.05) is 0 Å². The number of carboxylic acids is 2. The molecule has 228 valence electrons. The number of aliphatic carboxylic acids is 2. The van der Waals surface area contributed by atoms with E-state index < -0.39 is 79.0 Å². The van der Waals surface area contributed by atoms with Crippen molar-refractivity contribution in [2.24, 2.45) is 11.5 Å². The number of carbonyl (C=O) groups excluding carboxylic acids is 4. The summed E-state index contributed by atoms with van der Waals surface area (Å²) in [6, 6.07) is 10.6. The number of nitrogens with two attached hydrogens (primary N) is 2. The molecule has 1 aromatic heterocycles. The van der Waals surface area contributed by atoms with E-state index in [1.165, 1.54) is 0 Å². The van der Waals surface area contributed by atoms with Gasteiger partial charge in [0.1, 0.15) is 18.1 Å². The number of H-pyrrole nitrogens is 1. The minimum Gasteiger partial charge on any atom is -0.481 e. The lowest BCUT2D eigenvalue weighted by Crippen LogP contribution is -2.58. The van der Waals surface area contributed by atoms with Crippen LogP contribution in [0.3, 0.4) is 0 Å². The van der Waals surface area contributed by atoms with Crippen LogP contribution in [0.4, 0.5) is 0 Å². The Kier molecular flexibility index (Phi) is 11.3. The van der Waals surface area contributed by atoms with Crippen LogP contribution >= 0.6 is 0 Å². The average Bonchev–Trinajstić information content (AvgIpc) is 3.37. The molecule has 0 aliphatic carbocycles. The van der Waals surface area contributed by atoms with Gasteiger partial charge in [-0.3, -0.25) is 24.0 Å². The summed E-state index contributed by atoms with van der Waals surface area (Å²) >= 11 is 0. The SMILES string of the molecule is NC(=O)CC(NC(=O)C(N)Cc1ccccc1)C(=O)NC(Cc1c[nH]c2ccccc12)C(=O)NC(CCC(=O)O)C(=O)O. The number of hydrogen-bond donors (Lipinski definition) is 8. The Morgan fingerprint density at radius 3 is 2.02 bits per heavy atom. The first kappa shape index (κ1) is 32.3. The molecule has 4 unspecified atom stereocenters. The van der Waals surface area contributed by atoms with Gasteiger partial charge in [0.15, 0.2) is 0 Å². The van der Waals surface area contributed by atoms with E-state index in [0.717, 1.165) is 16.5 Å². The standard InChI is InChI=1S/C29H34N6O8/c30-19(12-16-6-2-1-3-7-16)26(39)34-23(14-24(31)36)28(41)35-22(13-17-15-32-20-9-5-4-8-18(17)20)27(40)33-21(29(42)43)10-11-25(37)38/h1-9,15,19,21-23,32H,10-14,30H2,(H2,31,36)(H,33,40)(H,34,39)(H,35,41)(H,37,38)(H,42,43). The molecule has 1 heterocycles. The summed E-state index contributed by atoms with van der Waals surface area (Å²) in [5, 5.41) is 26.4. The van der Waals surface area contributed by atoms with E-state index in [4.69, 9.17) is 16.6 Å². The highest BCUT2D eigenvalue weighted by Crippen LogP contribution is 2.19. The van der Waals surface area contributed by atoms with Gasteiger partial charge in [-0.15, -0.1) is 0 Å². The molecule has 0 saturated carbocycles. The molecule has 0 bridgehead atoms. The van der Waals surface area contributed by atoms with Gasteiger partial charge in [0.05, 0.1) is 12.5 Å². The predicted octanol–water partition coefficient (Wildman–Crippen LogP) is -0.440. The highest BCUT2D eigenvalue weighted by molar-refractivity contribution is 5.96. The van der Waals surface area contributed by atoms with Crippen LogP contribution in [-0.4, -0.2) is 74.9 Å². The van der Waals surface area contributed by atoms with Gasteiger partial charge < -0.3 is 42.6 Å². The first-order valence-corrected chi connectivity index (χ1v) is 13.4. The summed E-state index contributed by atoms with van der Waals surface area (Å²) in [6.07, 6.45) is 0.138. The van der Waals surface area contributed by atoms with Crippen LogP contribution in [0.5, 0.6) is 0 Å². The van der Waals surface area contributed by atoms with E-state index >= 15 is 0 Å². The first-order chi connectivity index (χ1) is 20.4. The first-order valence-electron chi connectivity index (χ1n) is 13.4. The van der Waals surface area contributed by atoms with Crippen molar-refractivity contribution >= 4 is 46.5 Å². The summed E-state index contributed by atoms with van der Waals surface area (Å²) in [5.41, 5.74) is 13.5. The Labute approximate surface area is 246 Å². The quantitative estimate of drug-likeness (QED) is 0.107. The van der Waals surface area contributed by atoms with Gasteiger partial charge in [0.25, 0.3) is 0 Å². The molecule has 4 amide bonds. The van der Waals surface area contributed by atoms with Crippen LogP contribution in [-0.2, 0) is 41.6 Å². The van der Waals surface area contributed by atoms with Crippen LogP contribution < -0.4 is 27.4 Å². The van der Waals surface area contributed by atoms with Crippen LogP contribution in [0.25, 0.3) is 10.9 Å². The third kappa shape index (κ3) is 9.67. The number of amides is 4. The zero-order chi connectivity index (χ0) is 31.5. The topological polar surface area (TPSA) is 247 Å². The number of primary amides is 1. The van der Waals surface area contributed by atoms with Crippen LogP contribution in [0.2, 0.25) is 0 Å². The lowest BCUT2D eigenvalue weighted by Gasteiger charge is -2.25. The number of fused-ring (bicyclic) bond motifs is 1. The van der Waals surface area contributed by atoms with Crippen molar-refractivity contribution in [1.29, 1.82) is 0 Å². The van der Waals surface area contributed by atoms with Gasteiger partial charge in [-0.2, -0.15) is 0 Å². The maximum atomic E-state index is 13.4. The van der Waals surface area contributed by atoms with Gasteiger partial charge in [0, 0.05) is 29.9 Å². The van der Waals surface area contributed by atoms with E-state index in [1.54, 1.807) is 60.8 Å². The average molecular weight is 595 g/mol. The Morgan fingerprint density at radius 1 is 0.767 bits per heavy atom. The fourth-order valence-corrected chi connectivity index (χ4v) is 4.45. The number of benzene rings is 2. The summed E-state index contributed by atoms with van der Waals surface area (Å²) < 4.78 is 0. The summed E-state index contributed by atoms with van der Waals surface area (Å²) in [4.78, 5) is 77.1. The van der Waals surface area contributed by atoms with Gasteiger partial charge >= 0.3 is 11.9 Å². The maximum Gasteiger partial charge on any atom is 0.326 e. The number of carboxylic acid groups (broad SMARTS) is 2. The molecule has 43 heavy (non-hydrogen) atoms. The summed E-state index contributed by atoms with van der Waals surface area (Å²) in [5.74, 6) is -6.20. The Bertz CT molecular complexity index is 1470. The van der Waals surface area contributed by atoms with E-state index in [1.807, 2.05) is 0 Å². The number of nitrogens with one attached hydrogen (secondary N) is 4. The highest BCUT2D eigenvalue weighted by Gasteiger charge is 2.32. The van der Waals surface area contributed by atoms with Crippen molar-refractivity contribution in [1.82, 2.24) is 20.9 Å². The molecule has 10 N–H and O–H groups in total. The molecule has 14 nitrogen and oxygen atoms in total. The summed E-state index contributed by atoms with van der Waals surface area (Å²) in [7, 11) is 0. The number of rotatable bonds is 16. The zero-order valence-electron chi connectivity index (χ0n) is 23.1. The number of para-hydroxylation sites is 1. The number of carbonyl (C=O) groups is 6. The summed E-state index contributed by atoms with van der Waals surface area (Å²) in [6.45, 7) is 0. The molecule has 4 atom stereocenters. The second-order valence-corrected chi connectivity index (χ2v) is 9.98. The van der Waals surface area contributed by atoms with Gasteiger partial charge in [-0.25, -0.2) is 4.79 Å². The van der Waals surface area contributed by atoms with Crippen molar-refractivity contribution in [3.8, 4) is 0 Å². The monoisotopic (exact) mass is 594 g/mol. The fourth-order valence-electron chi connectivity index (χ4n) is 4.45. The number of aromatic nitrogens is 1. The Morgan fingerprint density at radius 2 is 1.37 bits per heavy atom. The molecular formula is C29H34N6O8. The molecule has 0 aliphatic rings. The van der Waals surface area contributed by atoms with Gasteiger partial charge in [-0.1, -0.05) is 48.5 Å². The molecule has 0 saturated heterocycles. The lowest BCUT2D eigenvalue weighted by molar-refractivity contribution is -0.143. The molecule has 14 heteroatoms. The van der Waals surface area contributed by atoms with Gasteiger partial charge in [0.2, 0.25) is 23.6 Å². The molecule has 0 fully saturated rings. The molecule has 3 rings (SSSR count).